The molecule has 1 amide bonds. The van der Waals surface area contributed by atoms with Crippen molar-refractivity contribution in [3.63, 3.8) is 0 Å². The third-order valence-corrected chi connectivity index (χ3v) is 3.94. The number of nitriles is 1. The van der Waals surface area contributed by atoms with Gasteiger partial charge < -0.3 is 10.6 Å². The third kappa shape index (κ3) is 2.42. The topological polar surface area (TPSA) is 114 Å². The van der Waals surface area contributed by atoms with Crippen molar-refractivity contribution < 1.29 is 4.79 Å². The summed E-state index contributed by atoms with van der Waals surface area (Å²) in [4.78, 5) is 37.0. The van der Waals surface area contributed by atoms with Crippen LogP contribution in [0.2, 0.25) is 0 Å². The predicted molar refractivity (Wildman–Crippen MR) is 75.8 cm³/mol. The van der Waals surface area contributed by atoms with Gasteiger partial charge in [-0.1, -0.05) is 0 Å². The maximum Gasteiger partial charge on any atom is 0.332 e. The minimum absolute atomic E-state index is 0.0582. The number of hydrogen-bond donors (Lipinski definition) is 1. The number of anilines is 1. The normalized spacial score (nSPS) is 15.8. The van der Waals surface area contributed by atoms with E-state index in [-0.39, 0.29) is 17.4 Å². The fourth-order valence-corrected chi connectivity index (χ4v) is 2.68. The molecular weight excluding hydrogens is 274 g/mol. The number of nitrogens with two attached hydrogens (primary N) is 1. The van der Waals surface area contributed by atoms with Crippen LogP contribution in [0, 0.1) is 17.2 Å². The molecule has 21 heavy (non-hydrogen) atoms. The highest BCUT2D eigenvalue weighted by molar-refractivity contribution is 5.77. The number of primary amides is 1. The minimum atomic E-state index is -0.604. The van der Waals surface area contributed by atoms with Crippen molar-refractivity contribution in [2.24, 2.45) is 25.7 Å². The molecule has 1 aromatic rings. The van der Waals surface area contributed by atoms with Gasteiger partial charge in [0, 0.05) is 33.1 Å². The number of aromatic nitrogens is 2. The Hall–Kier alpha value is -2.56. The van der Waals surface area contributed by atoms with Gasteiger partial charge in [-0.15, -0.1) is 0 Å². The van der Waals surface area contributed by atoms with Crippen LogP contribution in [-0.2, 0) is 18.9 Å². The highest BCUT2D eigenvalue weighted by Gasteiger charge is 2.27. The van der Waals surface area contributed by atoms with Crippen LogP contribution in [0.5, 0.6) is 0 Å². The Morgan fingerprint density at radius 3 is 2.29 bits per heavy atom. The number of rotatable bonds is 2. The lowest BCUT2D eigenvalue weighted by atomic mass is 9.96. The second-order valence-electron chi connectivity index (χ2n) is 5.18. The molecule has 2 rings (SSSR count). The SMILES string of the molecule is Cn1c(N2CCC(C(N)=O)CC2)c(C#N)c(=O)n(C)c1=O. The summed E-state index contributed by atoms with van der Waals surface area (Å²) in [7, 11) is 2.87. The molecule has 2 heterocycles. The average molecular weight is 291 g/mol. The van der Waals surface area contributed by atoms with E-state index >= 15 is 0 Å². The van der Waals surface area contributed by atoms with E-state index in [0.29, 0.717) is 31.7 Å². The zero-order valence-electron chi connectivity index (χ0n) is 12.0. The van der Waals surface area contributed by atoms with Crippen molar-refractivity contribution in [3.8, 4) is 6.07 Å². The smallest absolute Gasteiger partial charge is 0.332 e. The molecule has 0 radical (unpaired) electrons. The van der Waals surface area contributed by atoms with Crippen LogP contribution in [0.1, 0.15) is 18.4 Å². The van der Waals surface area contributed by atoms with Gasteiger partial charge in [-0.05, 0) is 12.8 Å². The summed E-state index contributed by atoms with van der Waals surface area (Å²) in [5.74, 6) is -0.225. The van der Waals surface area contributed by atoms with E-state index in [4.69, 9.17) is 5.73 Å². The molecule has 0 saturated carbocycles. The van der Waals surface area contributed by atoms with Crippen molar-refractivity contribution >= 4 is 11.7 Å². The van der Waals surface area contributed by atoms with Gasteiger partial charge in [0.05, 0.1) is 0 Å². The van der Waals surface area contributed by atoms with Crippen LogP contribution in [0.4, 0.5) is 5.82 Å². The number of hydrogen-bond acceptors (Lipinski definition) is 5. The highest BCUT2D eigenvalue weighted by Crippen LogP contribution is 2.23. The van der Waals surface area contributed by atoms with Gasteiger partial charge in [-0.2, -0.15) is 5.26 Å². The summed E-state index contributed by atoms with van der Waals surface area (Å²) in [6, 6.07) is 1.88. The predicted octanol–water partition coefficient (Wildman–Crippen LogP) is -1.34. The van der Waals surface area contributed by atoms with E-state index < -0.39 is 11.2 Å². The van der Waals surface area contributed by atoms with Crippen LogP contribution in [-0.4, -0.2) is 28.1 Å². The molecule has 8 heteroatoms. The van der Waals surface area contributed by atoms with Gasteiger partial charge in [-0.3, -0.25) is 18.7 Å². The number of nitrogens with zero attached hydrogens (tertiary/aromatic N) is 4. The summed E-state index contributed by atoms with van der Waals surface area (Å²) in [6.07, 6.45) is 1.09. The average Bonchev–Trinajstić information content (AvgIpc) is 2.48. The molecule has 0 bridgehead atoms. The quantitative estimate of drug-likeness (QED) is 0.724. The van der Waals surface area contributed by atoms with Crippen molar-refractivity contribution in [3.05, 3.63) is 26.4 Å². The molecule has 1 fully saturated rings. The summed E-state index contributed by atoms with van der Waals surface area (Å²) in [5, 5.41) is 9.23. The first-order valence-corrected chi connectivity index (χ1v) is 6.62. The van der Waals surface area contributed by atoms with Crippen LogP contribution in [0.3, 0.4) is 0 Å². The molecule has 112 valence electrons. The zero-order chi connectivity index (χ0) is 15.7. The lowest BCUT2D eigenvalue weighted by molar-refractivity contribution is -0.122. The Morgan fingerprint density at radius 1 is 1.24 bits per heavy atom. The number of carbonyl (C=O) groups excluding carboxylic acids is 1. The van der Waals surface area contributed by atoms with Crippen molar-refractivity contribution in [1.29, 1.82) is 5.26 Å². The van der Waals surface area contributed by atoms with Crippen LogP contribution in [0.15, 0.2) is 9.59 Å². The molecule has 0 aromatic carbocycles. The first kappa shape index (κ1) is 14.8. The van der Waals surface area contributed by atoms with E-state index in [1.54, 1.807) is 4.90 Å². The van der Waals surface area contributed by atoms with Gasteiger partial charge in [0.15, 0.2) is 5.56 Å². The van der Waals surface area contributed by atoms with Gasteiger partial charge >= 0.3 is 5.69 Å². The summed E-state index contributed by atoms with van der Waals surface area (Å²) in [6.45, 7) is 0.950. The summed E-state index contributed by atoms with van der Waals surface area (Å²) in [5.41, 5.74) is 4.14. The summed E-state index contributed by atoms with van der Waals surface area (Å²) < 4.78 is 2.21. The highest BCUT2D eigenvalue weighted by atomic mass is 16.2. The Kier molecular flexibility index (Phi) is 3.84. The van der Waals surface area contributed by atoms with Crippen molar-refractivity contribution in [2.45, 2.75) is 12.8 Å². The lowest BCUT2D eigenvalue weighted by Gasteiger charge is -2.33. The van der Waals surface area contributed by atoms with Gasteiger partial charge in [0.2, 0.25) is 5.91 Å². The molecule has 0 atom stereocenters. The molecule has 1 saturated heterocycles. The van der Waals surface area contributed by atoms with E-state index in [9.17, 15) is 19.6 Å². The van der Waals surface area contributed by atoms with E-state index in [2.05, 4.69) is 0 Å². The summed E-state index contributed by atoms with van der Waals surface area (Å²) >= 11 is 0. The molecule has 0 unspecified atom stereocenters. The fraction of sp³-hybridized carbons (Fsp3) is 0.538. The Labute approximate surface area is 121 Å². The van der Waals surface area contributed by atoms with Gasteiger partial charge in [-0.25, -0.2) is 4.79 Å². The molecule has 1 aliphatic rings. The van der Waals surface area contributed by atoms with Crippen LogP contribution in [0.25, 0.3) is 0 Å². The minimum Gasteiger partial charge on any atom is -0.369 e. The maximum atomic E-state index is 12.0. The van der Waals surface area contributed by atoms with Crippen LogP contribution < -0.4 is 21.9 Å². The van der Waals surface area contributed by atoms with E-state index in [1.165, 1.54) is 18.7 Å². The first-order valence-electron chi connectivity index (χ1n) is 6.62. The van der Waals surface area contributed by atoms with Gasteiger partial charge in [0.1, 0.15) is 11.9 Å². The largest absolute Gasteiger partial charge is 0.369 e. The molecule has 8 nitrogen and oxygen atoms in total. The number of carbonyl (C=O) groups is 1. The number of amides is 1. The molecule has 1 aromatic heterocycles. The Balaban J connectivity index is 2.47. The van der Waals surface area contributed by atoms with Crippen LogP contribution >= 0.6 is 0 Å². The van der Waals surface area contributed by atoms with Gasteiger partial charge in [0.25, 0.3) is 5.56 Å². The Bertz CT molecular complexity index is 732. The molecule has 0 aliphatic carbocycles. The molecule has 1 aliphatic heterocycles. The standard InChI is InChI=1S/C13H17N5O3/c1-16-11(9(7-14)12(20)17(2)13(16)21)18-5-3-8(4-6-18)10(15)19/h8H,3-6H2,1-2H3,(H2,15,19). The van der Waals surface area contributed by atoms with Crippen molar-refractivity contribution in [2.75, 3.05) is 18.0 Å². The van der Waals surface area contributed by atoms with E-state index in [1.807, 2.05) is 6.07 Å². The second-order valence-corrected chi connectivity index (χ2v) is 5.18. The lowest BCUT2D eigenvalue weighted by Crippen LogP contribution is -2.45. The fourth-order valence-electron chi connectivity index (χ4n) is 2.68. The first-order chi connectivity index (χ1) is 9.88. The number of piperidine rings is 1. The molecule has 0 spiro atoms. The monoisotopic (exact) mass is 291 g/mol. The third-order valence-electron chi connectivity index (χ3n) is 3.94. The maximum absolute atomic E-state index is 12.0. The van der Waals surface area contributed by atoms with Crippen molar-refractivity contribution in [1.82, 2.24) is 9.13 Å². The zero-order valence-corrected chi connectivity index (χ0v) is 12.0. The second kappa shape index (κ2) is 5.44. The Morgan fingerprint density at radius 2 is 1.81 bits per heavy atom. The molecular formula is C13H17N5O3. The van der Waals surface area contributed by atoms with E-state index in [0.717, 1.165) is 4.57 Å². The molecule has 2 N–H and O–H groups in total.